The SMILES string of the molecule is CCCCc1cnc(C(=O)O)c(CN)c1.CCCCc1cnc(C(=O)S)c(CN)c1. The highest BCUT2D eigenvalue weighted by molar-refractivity contribution is 7.97. The third kappa shape index (κ3) is 8.22. The van der Waals surface area contributed by atoms with Gasteiger partial charge in [-0.25, -0.2) is 9.78 Å². The number of aryl methyl sites for hydroxylation is 2. The van der Waals surface area contributed by atoms with Crippen LogP contribution in [-0.2, 0) is 25.9 Å². The third-order valence-electron chi connectivity index (χ3n) is 4.53. The van der Waals surface area contributed by atoms with Crippen molar-refractivity contribution in [3.63, 3.8) is 0 Å². The van der Waals surface area contributed by atoms with Gasteiger partial charge in [0.2, 0.25) is 5.12 Å². The lowest BCUT2D eigenvalue weighted by Gasteiger charge is -2.06. The van der Waals surface area contributed by atoms with Crippen molar-refractivity contribution in [1.29, 1.82) is 0 Å². The predicted octanol–water partition coefficient (Wildman–Crippen LogP) is 3.53. The summed E-state index contributed by atoms with van der Waals surface area (Å²) in [6.07, 6.45) is 9.73. The second kappa shape index (κ2) is 13.8. The van der Waals surface area contributed by atoms with Gasteiger partial charge in [-0.15, -0.1) is 0 Å². The molecule has 2 aromatic heterocycles. The average molecular weight is 433 g/mol. The normalized spacial score (nSPS) is 10.3. The largest absolute Gasteiger partial charge is 0.477 e. The fraction of sp³-hybridized carbons (Fsp3) is 0.455. The molecule has 0 aliphatic heterocycles. The average Bonchev–Trinajstić information content (AvgIpc) is 2.75. The highest BCUT2D eigenvalue weighted by Crippen LogP contribution is 2.13. The Morgan fingerprint density at radius 2 is 1.33 bits per heavy atom. The molecule has 0 saturated carbocycles. The number of nitrogens with zero attached hydrogens (tertiary/aromatic N) is 2. The summed E-state index contributed by atoms with van der Waals surface area (Å²) in [5, 5.41) is 8.52. The van der Waals surface area contributed by atoms with Gasteiger partial charge in [0.15, 0.2) is 5.69 Å². The van der Waals surface area contributed by atoms with E-state index in [0.29, 0.717) is 17.8 Å². The Morgan fingerprint density at radius 3 is 1.70 bits per heavy atom. The van der Waals surface area contributed by atoms with Gasteiger partial charge >= 0.3 is 5.97 Å². The molecular weight excluding hydrogens is 400 g/mol. The van der Waals surface area contributed by atoms with E-state index in [1.165, 1.54) is 0 Å². The lowest BCUT2D eigenvalue weighted by Crippen LogP contribution is -2.10. The van der Waals surface area contributed by atoms with Crippen molar-refractivity contribution in [3.8, 4) is 0 Å². The van der Waals surface area contributed by atoms with E-state index < -0.39 is 5.97 Å². The molecular formula is C22H32N4O3S. The molecule has 8 heteroatoms. The van der Waals surface area contributed by atoms with Crippen molar-refractivity contribution in [2.24, 2.45) is 11.5 Å². The quantitative estimate of drug-likeness (QED) is 0.422. The number of carboxylic acids is 1. The number of hydrogen-bond acceptors (Lipinski definition) is 6. The highest BCUT2D eigenvalue weighted by atomic mass is 32.1. The molecule has 164 valence electrons. The van der Waals surface area contributed by atoms with Gasteiger partial charge in [0.25, 0.3) is 0 Å². The first-order valence-electron chi connectivity index (χ1n) is 10.2. The summed E-state index contributed by atoms with van der Waals surface area (Å²) < 4.78 is 0. The maximum Gasteiger partial charge on any atom is 0.354 e. The number of carbonyl (C=O) groups excluding carboxylic acids is 1. The summed E-state index contributed by atoms with van der Waals surface area (Å²) in [7, 11) is 0. The van der Waals surface area contributed by atoms with Crippen LogP contribution < -0.4 is 11.5 Å². The molecule has 0 spiro atoms. The number of aromatic carboxylic acids is 1. The van der Waals surface area contributed by atoms with E-state index >= 15 is 0 Å². The van der Waals surface area contributed by atoms with Gasteiger partial charge in [-0.2, -0.15) is 0 Å². The Balaban J connectivity index is 0.000000300. The summed E-state index contributed by atoms with van der Waals surface area (Å²) >= 11 is 3.76. The molecule has 0 aliphatic carbocycles. The molecule has 0 amide bonds. The molecule has 0 atom stereocenters. The second-order valence-electron chi connectivity index (χ2n) is 6.93. The highest BCUT2D eigenvalue weighted by Gasteiger charge is 2.11. The number of hydrogen-bond donors (Lipinski definition) is 4. The summed E-state index contributed by atoms with van der Waals surface area (Å²) in [4.78, 5) is 29.9. The monoisotopic (exact) mass is 432 g/mol. The second-order valence-corrected chi connectivity index (χ2v) is 7.33. The summed E-state index contributed by atoms with van der Waals surface area (Å²) in [6, 6.07) is 3.79. The molecule has 0 aliphatic rings. The summed E-state index contributed by atoms with van der Waals surface area (Å²) in [6.45, 7) is 4.80. The Labute approximate surface area is 183 Å². The van der Waals surface area contributed by atoms with E-state index in [-0.39, 0.29) is 17.4 Å². The molecule has 0 bridgehead atoms. The first kappa shape index (κ1) is 25.7. The van der Waals surface area contributed by atoms with Crippen LogP contribution in [-0.4, -0.2) is 26.2 Å². The maximum absolute atomic E-state index is 11.1. The van der Waals surface area contributed by atoms with Gasteiger partial charge in [-0.3, -0.25) is 9.78 Å². The first-order chi connectivity index (χ1) is 14.4. The number of carboxylic acid groups (broad SMARTS) is 1. The van der Waals surface area contributed by atoms with Crippen LogP contribution >= 0.6 is 12.6 Å². The molecule has 30 heavy (non-hydrogen) atoms. The zero-order valence-electron chi connectivity index (χ0n) is 17.7. The van der Waals surface area contributed by atoms with Crippen molar-refractivity contribution in [2.45, 2.75) is 65.5 Å². The fourth-order valence-electron chi connectivity index (χ4n) is 2.85. The maximum atomic E-state index is 11.1. The number of thiol groups is 1. The minimum absolute atomic E-state index is 0.0674. The number of nitrogens with two attached hydrogens (primary N) is 2. The van der Waals surface area contributed by atoms with E-state index in [0.717, 1.165) is 55.2 Å². The van der Waals surface area contributed by atoms with Gasteiger partial charge in [0.05, 0.1) is 0 Å². The number of pyridine rings is 2. The van der Waals surface area contributed by atoms with E-state index in [1.54, 1.807) is 12.4 Å². The third-order valence-corrected chi connectivity index (χ3v) is 4.74. The van der Waals surface area contributed by atoms with Crippen molar-refractivity contribution in [2.75, 3.05) is 0 Å². The van der Waals surface area contributed by atoms with Gasteiger partial charge in [-0.1, -0.05) is 51.5 Å². The van der Waals surface area contributed by atoms with Crippen LogP contribution in [0.1, 0.15) is 82.8 Å². The van der Waals surface area contributed by atoms with Crippen molar-refractivity contribution in [3.05, 3.63) is 58.2 Å². The van der Waals surface area contributed by atoms with E-state index in [4.69, 9.17) is 16.6 Å². The van der Waals surface area contributed by atoms with Crippen LogP contribution in [0.5, 0.6) is 0 Å². The smallest absolute Gasteiger partial charge is 0.354 e. The Hall–Kier alpha value is -2.29. The number of rotatable bonds is 10. The lowest BCUT2D eigenvalue weighted by atomic mass is 10.1. The number of unbranched alkanes of at least 4 members (excludes halogenated alkanes) is 2. The number of aromatic nitrogens is 2. The van der Waals surface area contributed by atoms with Gasteiger partial charge < -0.3 is 16.6 Å². The van der Waals surface area contributed by atoms with E-state index in [2.05, 4.69) is 36.4 Å². The zero-order chi connectivity index (χ0) is 22.5. The molecule has 0 unspecified atom stereocenters. The molecule has 0 fully saturated rings. The van der Waals surface area contributed by atoms with Crippen LogP contribution in [0, 0.1) is 0 Å². The number of carbonyl (C=O) groups is 2. The molecule has 2 aromatic rings. The minimum Gasteiger partial charge on any atom is -0.477 e. The van der Waals surface area contributed by atoms with Gasteiger partial charge in [-0.05, 0) is 47.9 Å². The van der Waals surface area contributed by atoms with E-state index in [1.807, 2.05) is 12.1 Å². The van der Waals surface area contributed by atoms with Gasteiger partial charge in [0.1, 0.15) is 5.69 Å². The zero-order valence-corrected chi connectivity index (χ0v) is 18.6. The Bertz CT molecular complexity index is 774. The van der Waals surface area contributed by atoms with Crippen molar-refractivity contribution in [1.82, 2.24) is 9.97 Å². The van der Waals surface area contributed by atoms with Gasteiger partial charge in [0, 0.05) is 25.5 Å². The van der Waals surface area contributed by atoms with E-state index in [9.17, 15) is 9.59 Å². The van der Waals surface area contributed by atoms with Crippen LogP contribution in [0.2, 0.25) is 0 Å². The first-order valence-corrected chi connectivity index (χ1v) is 10.6. The summed E-state index contributed by atoms with van der Waals surface area (Å²) in [5.74, 6) is -1.02. The standard InChI is InChI=1S/C11H16N2O2.C11H16N2OS/c2*1-2-3-4-8-5-9(6-12)10(11(14)15)13-7-8/h2*5,7H,2-4,6,12H2,1H3,(H,14,15). The minimum atomic E-state index is -1.02. The molecule has 7 nitrogen and oxygen atoms in total. The van der Waals surface area contributed by atoms with Crippen molar-refractivity contribution >= 4 is 23.7 Å². The Kier molecular flexibility index (Phi) is 11.9. The molecule has 2 rings (SSSR count). The molecule has 0 radical (unpaired) electrons. The van der Waals surface area contributed by atoms with Crippen LogP contribution in [0.4, 0.5) is 0 Å². The van der Waals surface area contributed by atoms with Crippen molar-refractivity contribution < 1.29 is 14.7 Å². The summed E-state index contributed by atoms with van der Waals surface area (Å²) in [5.41, 5.74) is 15.1. The predicted molar refractivity (Wildman–Crippen MR) is 122 cm³/mol. The lowest BCUT2D eigenvalue weighted by molar-refractivity contribution is 0.0689. The van der Waals surface area contributed by atoms with Crippen LogP contribution in [0.25, 0.3) is 0 Å². The topological polar surface area (TPSA) is 132 Å². The molecule has 2 heterocycles. The molecule has 5 N–H and O–H groups in total. The fourth-order valence-corrected chi connectivity index (χ4v) is 3.05. The molecule has 0 aromatic carbocycles. The van der Waals surface area contributed by atoms with Crippen LogP contribution in [0.3, 0.4) is 0 Å². The molecule has 0 saturated heterocycles. The van der Waals surface area contributed by atoms with Crippen LogP contribution in [0.15, 0.2) is 24.5 Å². The Morgan fingerprint density at radius 1 is 0.900 bits per heavy atom.